The van der Waals surface area contributed by atoms with E-state index in [0.717, 1.165) is 31.2 Å². The van der Waals surface area contributed by atoms with Crippen LogP contribution in [0.3, 0.4) is 0 Å². The summed E-state index contributed by atoms with van der Waals surface area (Å²) in [6.07, 6.45) is -10.3. The highest BCUT2D eigenvalue weighted by Gasteiger charge is 2.59. The summed E-state index contributed by atoms with van der Waals surface area (Å²) in [6, 6.07) is 12.3. The summed E-state index contributed by atoms with van der Waals surface area (Å²) in [5.41, 5.74) is 0.892. The number of hydrogen-bond acceptors (Lipinski definition) is 15. The third kappa shape index (κ3) is 9.80. The number of nitrogens with zero attached hydrogens (tertiary/aromatic N) is 1. The topological polar surface area (TPSA) is 212 Å². The molecule has 2 aromatic rings. The Bertz CT molecular complexity index is 1700. The van der Waals surface area contributed by atoms with Crippen molar-refractivity contribution in [3.05, 3.63) is 83.9 Å². The second-order valence-electron chi connectivity index (χ2n) is 13.0. The van der Waals surface area contributed by atoms with Crippen molar-refractivity contribution in [1.29, 1.82) is 0 Å². The van der Waals surface area contributed by atoms with Crippen molar-refractivity contribution < 1.29 is 71.8 Å². The number of rotatable bonds is 15. The van der Waals surface area contributed by atoms with Gasteiger partial charge in [0.15, 0.2) is 24.8 Å². The fraction of sp³-hybridized carbons (Fsp3) is 0.474. The number of nitrogens with one attached hydrogen (secondary N) is 1. The van der Waals surface area contributed by atoms with Crippen LogP contribution in [-0.4, -0.2) is 127 Å². The van der Waals surface area contributed by atoms with Crippen LogP contribution in [-0.2, 0) is 63.7 Å². The molecule has 17 nitrogen and oxygen atoms in total. The summed E-state index contributed by atoms with van der Waals surface area (Å²) < 4.78 is 47.7. The van der Waals surface area contributed by atoms with Gasteiger partial charge in [-0.15, -0.1) is 6.58 Å². The van der Waals surface area contributed by atoms with Gasteiger partial charge < -0.3 is 48.3 Å². The Morgan fingerprint density at radius 3 is 1.98 bits per heavy atom. The van der Waals surface area contributed by atoms with E-state index in [0.29, 0.717) is 0 Å². The van der Waals surface area contributed by atoms with E-state index in [2.05, 4.69) is 11.9 Å². The van der Waals surface area contributed by atoms with Gasteiger partial charge in [0.05, 0.1) is 30.9 Å². The molecule has 2 fully saturated rings. The average Bonchev–Trinajstić information content (AvgIpc) is 3.38. The molecular weight excluding hydrogens is 724 g/mol. The van der Waals surface area contributed by atoms with Crippen LogP contribution in [0.5, 0.6) is 0 Å². The van der Waals surface area contributed by atoms with Gasteiger partial charge in [0.2, 0.25) is 5.91 Å². The fourth-order valence-electron chi connectivity index (χ4n) is 6.75. The van der Waals surface area contributed by atoms with Crippen LogP contribution in [0.2, 0.25) is 0 Å². The molecule has 5 rings (SSSR count). The van der Waals surface area contributed by atoms with Crippen LogP contribution < -0.4 is 5.32 Å². The molecule has 17 heteroatoms. The molecule has 0 bridgehead atoms. The number of esters is 3. The van der Waals surface area contributed by atoms with Crippen molar-refractivity contribution in [3.63, 3.8) is 0 Å². The maximum atomic E-state index is 14.1. The SMILES string of the molecule is C=CCO[C@@H]1[C@@H](NC(C)=O)[C@@H](O)O[C@H](COCc2ccccc2)[C@H]1O[C@@H]1O[C@H](COC(C)=O)[C@@H](OC(C)=O)[C@H](OC(C)=O)[C@H]1N1C(=O)c2ccccc2C1=O. The second-order valence-corrected chi connectivity index (χ2v) is 13.0. The molecule has 3 aliphatic rings. The molecule has 0 aromatic heterocycles. The van der Waals surface area contributed by atoms with Gasteiger partial charge in [0, 0.05) is 27.7 Å². The van der Waals surface area contributed by atoms with Crippen molar-refractivity contribution in [2.24, 2.45) is 0 Å². The molecule has 0 aliphatic carbocycles. The van der Waals surface area contributed by atoms with Crippen LogP contribution >= 0.6 is 0 Å². The molecule has 0 unspecified atom stereocenters. The molecule has 10 atom stereocenters. The fourth-order valence-corrected chi connectivity index (χ4v) is 6.75. The highest BCUT2D eigenvalue weighted by atomic mass is 16.7. The molecule has 0 saturated carbocycles. The normalized spacial score (nSPS) is 28.9. The lowest BCUT2D eigenvalue weighted by molar-refractivity contribution is -0.337. The van der Waals surface area contributed by atoms with E-state index in [1.807, 2.05) is 30.3 Å². The third-order valence-corrected chi connectivity index (χ3v) is 8.92. The van der Waals surface area contributed by atoms with Crippen molar-refractivity contribution in [2.75, 3.05) is 19.8 Å². The summed E-state index contributed by atoms with van der Waals surface area (Å²) in [5, 5.41) is 13.8. The van der Waals surface area contributed by atoms with Gasteiger partial charge in [-0.25, -0.2) is 0 Å². The van der Waals surface area contributed by atoms with Crippen molar-refractivity contribution in [2.45, 2.75) is 95.6 Å². The van der Waals surface area contributed by atoms with Crippen molar-refractivity contribution in [1.82, 2.24) is 10.2 Å². The number of benzene rings is 2. The van der Waals surface area contributed by atoms with Crippen LogP contribution in [0, 0.1) is 0 Å². The van der Waals surface area contributed by atoms with Gasteiger partial charge >= 0.3 is 17.9 Å². The number of hydrogen-bond donors (Lipinski definition) is 2. The first-order chi connectivity index (χ1) is 26.3. The van der Waals surface area contributed by atoms with Crippen molar-refractivity contribution >= 4 is 35.6 Å². The Kier molecular flexibility index (Phi) is 13.9. The molecule has 2 N–H and O–H groups in total. The highest BCUT2D eigenvalue weighted by molar-refractivity contribution is 6.21. The molecule has 2 aromatic carbocycles. The number of aliphatic hydroxyl groups is 1. The zero-order valence-electron chi connectivity index (χ0n) is 30.7. The molecule has 3 amide bonds. The molecular formula is C38H44N2O15. The van der Waals surface area contributed by atoms with E-state index in [-0.39, 0.29) is 30.9 Å². The summed E-state index contributed by atoms with van der Waals surface area (Å²) in [6.45, 7) is 7.47. The van der Waals surface area contributed by atoms with E-state index in [1.165, 1.54) is 25.1 Å². The number of carbonyl (C=O) groups is 6. The lowest BCUT2D eigenvalue weighted by Gasteiger charge is -2.50. The van der Waals surface area contributed by atoms with E-state index in [4.69, 9.17) is 37.9 Å². The van der Waals surface area contributed by atoms with Gasteiger partial charge in [-0.3, -0.25) is 33.7 Å². The summed E-state index contributed by atoms with van der Waals surface area (Å²) in [5.74, 6) is -4.60. The Balaban J connectivity index is 1.62. The molecule has 296 valence electrons. The minimum Gasteiger partial charge on any atom is -0.463 e. The van der Waals surface area contributed by atoms with E-state index in [9.17, 15) is 33.9 Å². The largest absolute Gasteiger partial charge is 0.463 e. The third-order valence-electron chi connectivity index (χ3n) is 8.92. The summed E-state index contributed by atoms with van der Waals surface area (Å²) in [7, 11) is 0. The number of amides is 3. The number of imide groups is 1. The van der Waals surface area contributed by atoms with Crippen LogP contribution in [0.1, 0.15) is 54.0 Å². The summed E-state index contributed by atoms with van der Waals surface area (Å²) in [4.78, 5) is 78.5. The van der Waals surface area contributed by atoms with Gasteiger partial charge in [-0.1, -0.05) is 48.5 Å². The molecule has 0 spiro atoms. The smallest absolute Gasteiger partial charge is 0.303 e. The second kappa shape index (κ2) is 18.5. The van der Waals surface area contributed by atoms with Gasteiger partial charge in [-0.2, -0.15) is 0 Å². The van der Waals surface area contributed by atoms with E-state index < -0.39 is 104 Å². The van der Waals surface area contributed by atoms with Crippen LogP contribution in [0.4, 0.5) is 0 Å². The molecule has 55 heavy (non-hydrogen) atoms. The quantitative estimate of drug-likeness (QED) is 0.113. The minimum atomic E-state index is -1.76. The standard InChI is InChI=1S/C38H44N2O15/c1-6-16-49-33-29(39-20(2)41)37(47)53-27(18-48-17-24-12-8-7-9-13-24)31(33)55-38-30(40-35(45)25-14-10-11-15-26(25)36(40)46)34(52-23(5)44)32(51-22(4)43)28(54-38)19-50-21(3)42/h6-15,27-34,37-38,47H,1,16-19H2,2-5H3,(H,39,41)/t27-,28-,29-,30-,31-,32-,33-,34-,37+,38+/m1/s1. The molecule has 2 saturated heterocycles. The first-order valence-electron chi connectivity index (χ1n) is 17.5. The number of fused-ring (bicyclic) bond motifs is 1. The number of carbonyl (C=O) groups excluding carboxylic acids is 6. The molecule has 0 radical (unpaired) electrons. The summed E-state index contributed by atoms with van der Waals surface area (Å²) >= 11 is 0. The Morgan fingerprint density at radius 1 is 0.800 bits per heavy atom. The maximum absolute atomic E-state index is 14.1. The van der Waals surface area contributed by atoms with Gasteiger partial charge in [0.25, 0.3) is 11.8 Å². The Hall–Kier alpha value is -5.04. The first kappa shape index (κ1) is 41.1. The Morgan fingerprint density at radius 2 is 1.40 bits per heavy atom. The minimum absolute atomic E-state index is 0.0353. The zero-order chi connectivity index (χ0) is 39.8. The van der Waals surface area contributed by atoms with Gasteiger partial charge in [0.1, 0.15) is 43.1 Å². The lowest BCUT2D eigenvalue weighted by atomic mass is 9.93. The number of aliphatic hydroxyl groups excluding tert-OH is 1. The van der Waals surface area contributed by atoms with Gasteiger partial charge in [-0.05, 0) is 17.7 Å². The van der Waals surface area contributed by atoms with Crippen molar-refractivity contribution in [3.8, 4) is 0 Å². The average molecular weight is 769 g/mol. The maximum Gasteiger partial charge on any atom is 0.303 e. The first-order valence-corrected chi connectivity index (χ1v) is 17.5. The number of ether oxygens (including phenoxy) is 8. The predicted molar refractivity (Wildman–Crippen MR) is 187 cm³/mol. The lowest BCUT2D eigenvalue weighted by Crippen LogP contribution is -2.70. The zero-order valence-corrected chi connectivity index (χ0v) is 30.7. The Labute approximate surface area is 316 Å². The highest BCUT2D eigenvalue weighted by Crippen LogP contribution is 2.38. The van der Waals surface area contributed by atoms with E-state index >= 15 is 0 Å². The predicted octanol–water partition coefficient (Wildman–Crippen LogP) is 1.20. The van der Waals surface area contributed by atoms with Crippen LogP contribution in [0.15, 0.2) is 67.3 Å². The van der Waals surface area contributed by atoms with Crippen LogP contribution in [0.25, 0.3) is 0 Å². The van der Waals surface area contributed by atoms with E-state index in [1.54, 1.807) is 12.1 Å². The molecule has 3 aliphatic heterocycles. The monoisotopic (exact) mass is 768 g/mol. The molecule has 3 heterocycles.